The van der Waals surface area contributed by atoms with Crippen LogP contribution in [0.1, 0.15) is 11.1 Å². The monoisotopic (exact) mass is 504 g/mol. The maximum absolute atomic E-state index is 5.19. The van der Waals surface area contributed by atoms with Crippen molar-refractivity contribution in [1.82, 2.24) is 4.98 Å². The summed E-state index contributed by atoms with van der Waals surface area (Å²) in [5, 5.41) is 2.05. The molecule has 5 aromatic carbocycles. The number of nitrogens with zero attached hydrogens (tertiary/aromatic N) is 2. The molecule has 0 amide bonds. The van der Waals surface area contributed by atoms with Crippen LogP contribution in [0.15, 0.2) is 146 Å². The predicted molar refractivity (Wildman–Crippen MR) is 160 cm³/mol. The molecule has 1 aromatic heterocycles. The third-order valence-corrected chi connectivity index (χ3v) is 7.23. The van der Waals surface area contributed by atoms with Crippen molar-refractivity contribution < 1.29 is 0 Å². The molecule has 0 radical (unpaired) electrons. The second kappa shape index (κ2) is 11.0. The van der Waals surface area contributed by atoms with Gasteiger partial charge in [0.1, 0.15) is 15.7 Å². The normalized spacial score (nSPS) is 10.4. The van der Waals surface area contributed by atoms with Gasteiger partial charge in [-0.15, -0.1) is 0 Å². The Labute approximate surface area is 227 Å². The largest absolute Gasteiger partial charge is 0.300 e. The summed E-state index contributed by atoms with van der Waals surface area (Å²) in [6, 6.07) is 49.8. The number of anilines is 3. The van der Waals surface area contributed by atoms with Crippen molar-refractivity contribution in [3.05, 3.63) is 157 Å². The van der Waals surface area contributed by atoms with Crippen LogP contribution >= 0.6 is 11.3 Å². The lowest BCUT2D eigenvalue weighted by atomic mass is 10.1. The zero-order valence-corrected chi connectivity index (χ0v) is 21.5. The van der Waals surface area contributed by atoms with Gasteiger partial charge in [0, 0.05) is 33.6 Å². The van der Waals surface area contributed by atoms with Gasteiger partial charge in [0.05, 0.1) is 0 Å². The molecule has 0 spiro atoms. The molecule has 38 heavy (non-hydrogen) atoms. The summed E-state index contributed by atoms with van der Waals surface area (Å²) in [5.74, 6) is 6.50. The standard InChI is InChI=1S/C35H24N2S/c1-5-13-27(14-6-1)21-22-28-23-25-30(26-24-28)34-36-33(29-15-7-2-8-16-29)35(38-34)37(31-17-9-3-10-18-31)32-19-11-4-12-20-32/h1-20,23-26H. The number of para-hydroxylation sites is 2. The highest BCUT2D eigenvalue weighted by Crippen LogP contribution is 2.46. The second-order valence-electron chi connectivity index (χ2n) is 8.74. The lowest BCUT2D eigenvalue weighted by Gasteiger charge is -2.24. The van der Waals surface area contributed by atoms with E-state index < -0.39 is 0 Å². The molecule has 0 bridgehead atoms. The summed E-state index contributed by atoms with van der Waals surface area (Å²) < 4.78 is 0. The van der Waals surface area contributed by atoms with Crippen LogP contribution in [0.3, 0.4) is 0 Å². The second-order valence-corrected chi connectivity index (χ2v) is 9.72. The molecule has 0 atom stereocenters. The molecule has 0 N–H and O–H groups in total. The summed E-state index contributed by atoms with van der Waals surface area (Å²) in [6.45, 7) is 0. The van der Waals surface area contributed by atoms with Gasteiger partial charge in [-0.3, -0.25) is 0 Å². The highest BCUT2D eigenvalue weighted by Gasteiger charge is 2.22. The van der Waals surface area contributed by atoms with Crippen LogP contribution in [0.2, 0.25) is 0 Å². The fourth-order valence-electron chi connectivity index (χ4n) is 4.27. The van der Waals surface area contributed by atoms with E-state index in [0.29, 0.717) is 0 Å². The summed E-state index contributed by atoms with van der Waals surface area (Å²) in [5.41, 5.74) is 7.31. The van der Waals surface area contributed by atoms with Gasteiger partial charge in [-0.05, 0) is 48.5 Å². The molecule has 0 aliphatic rings. The van der Waals surface area contributed by atoms with E-state index >= 15 is 0 Å². The lowest BCUT2D eigenvalue weighted by Crippen LogP contribution is -2.09. The van der Waals surface area contributed by atoms with Crippen LogP contribution < -0.4 is 4.90 Å². The first kappa shape index (κ1) is 23.5. The summed E-state index contributed by atoms with van der Waals surface area (Å²) >= 11 is 1.70. The molecule has 0 saturated carbocycles. The number of benzene rings is 5. The quantitative estimate of drug-likeness (QED) is 0.217. The van der Waals surface area contributed by atoms with Gasteiger partial charge in [0.15, 0.2) is 0 Å². The Balaban J connectivity index is 1.44. The zero-order chi connectivity index (χ0) is 25.6. The van der Waals surface area contributed by atoms with Crippen molar-refractivity contribution >= 4 is 27.7 Å². The topological polar surface area (TPSA) is 16.1 Å². The molecule has 6 aromatic rings. The van der Waals surface area contributed by atoms with Gasteiger partial charge >= 0.3 is 0 Å². The highest BCUT2D eigenvalue weighted by molar-refractivity contribution is 7.19. The summed E-state index contributed by atoms with van der Waals surface area (Å²) in [6.07, 6.45) is 0. The van der Waals surface area contributed by atoms with Gasteiger partial charge in [-0.2, -0.15) is 0 Å². The van der Waals surface area contributed by atoms with E-state index in [4.69, 9.17) is 4.98 Å². The van der Waals surface area contributed by atoms with Crippen LogP contribution in [0.4, 0.5) is 16.4 Å². The first-order chi connectivity index (χ1) is 18.8. The number of hydrogen-bond donors (Lipinski definition) is 0. The van der Waals surface area contributed by atoms with Crippen molar-refractivity contribution in [2.45, 2.75) is 0 Å². The van der Waals surface area contributed by atoms with Crippen molar-refractivity contribution in [2.75, 3.05) is 4.90 Å². The first-order valence-corrected chi connectivity index (χ1v) is 13.3. The maximum Gasteiger partial charge on any atom is 0.129 e. The van der Waals surface area contributed by atoms with Gasteiger partial charge in [0.2, 0.25) is 0 Å². The minimum absolute atomic E-state index is 0.964. The molecule has 3 heteroatoms. The van der Waals surface area contributed by atoms with Crippen molar-refractivity contribution in [3.8, 4) is 33.7 Å². The summed E-state index contributed by atoms with van der Waals surface area (Å²) in [7, 11) is 0. The Bertz CT molecular complexity index is 1640. The number of thiazole rings is 1. The van der Waals surface area contributed by atoms with Crippen LogP contribution in [0, 0.1) is 11.8 Å². The molecule has 2 nitrogen and oxygen atoms in total. The van der Waals surface area contributed by atoms with Crippen LogP contribution in [-0.2, 0) is 0 Å². The van der Waals surface area contributed by atoms with E-state index in [0.717, 1.165) is 49.3 Å². The molecule has 0 aliphatic heterocycles. The summed E-state index contributed by atoms with van der Waals surface area (Å²) in [4.78, 5) is 7.48. The SMILES string of the molecule is C(#Cc1ccc(-c2nc(-c3ccccc3)c(N(c3ccccc3)c3ccccc3)s2)cc1)c1ccccc1. The number of aromatic nitrogens is 1. The molecule has 0 unspecified atom stereocenters. The van der Waals surface area contributed by atoms with Gasteiger partial charge in [-0.25, -0.2) is 4.98 Å². The Morgan fingerprint density at radius 1 is 0.474 bits per heavy atom. The van der Waals surface area contributed by atoms with Gasteiger partial charge < -0.3 is 4.90 Å². The smallest absolute Gasteiger partial charge is 0.129 e. The molecular weight excluding hydrogens is 480 g/mol. The van der Waals surface area contributed by atoms with Crippen LogP contribution in [0.25, 0.3) is 21.8 Å². The van der Waals surface area contributed by atoms with E-state index in [-0.39, 0.29) is 0 Å². The van der Waals surface area contributed by atoms with E-state index in [1.807, 2.05) is 48.5 Å². The minimum Gasteiger partial charge on any atom is -0.300 e. The molecule has 6 rings (SSSR count). The number of hydrogen-bond acceptors (Lipinski definition) is 3. The predicted octanol–water partition coefficient (Wildman–Crippen LogP) is 9.35. The Morgan fingerprint density at radius 3 is 1.50 bits per heavy atom. The Morgan fingerprint density at radius 2 is 0.947 bits per heavy atom. The minimum atomic E-state index is 0.964. The Hall–Kier alpha value is -4.91. The highest BCUT2D eigenvalue weighted by atomic mass is 32.1. The van der Waals surface area contributed by atoms with E-state index in [1.54, 1.807) is 11.3 Å². The third-order valence-electron chi connectivity index (χ3n) is 6.15. The Kier molecular flexibility index (Phi) is 6.80. The molecule has 1 heterocycles. The van der Waals surface area contributed by atoms with Crippen molar-refractivity contribution in [1.29, 1.82) is 0 Å². The third kappa shape index (κ3) is 5.13. The zero-order valence-electron chi connectivity index (χ0n) is 20.7. The fourth-order valence-corrected chi connectivity index (χ4v) is 5.41. The van der Waals surface area contributed by atoms with Gasteiger partial charge in [-0.1, -0.05) is 120 Å². The molecule has 0 aliphatic carbocycles. The van der Waals surface area contributed by atoms with Crippen molar-refractivity contribution in [3.63, 3.8) is 0 Å². The van der Waals surface area contributed by atoms with Crippen LogP contribution in [0.5, 0.6) is 0 Å². The maximum atomic E-state index is 5.19. The first-order valence-electron chi connectivity index (χ1n) is 12.5. The molecular formula is C35H24N2S. The molecule has 0 saturated heterocycles. The van der Waals surface area contributed by atoms with Crippen molar-refractivity contribution in [2.24, 2.45) is 0 Å². The molecule has 180 valence electrons. The van der Waals surface area contributed by atoms with Gasteiger partial charge in [0.25, 0.3) is 0 Å². The lowest BCUT2D eigenvalue weighted by molar-refractivity contribution is 1.29. The van der Waals surface area contributed by atoms with Crippen LogP contribution in [-0.4, -0.2) is 4.98 Å². The van der Waals surface area contributed by atoms with E-state index in [9.17, 15) is 0 Å². The molecule has 0 fully saturated rings. The fraction of sp³-hybridized carbons (Fsp3) is 0. The van der Waals surface area contributed by atoms with E-state index in [2.05, 4.69) is 114 Å². The number of rotatable bonds is 5. The van der Waals surface area contributed by atoms with E-state index in [1.165, 1.54) is 0 Å². The average Bonchev–Trinajstić information content (AvgIpc) is 3.43. The average molecular weight is 505 g/mol.